The summed E-state index contributed by atoms with van der Waals surface area (Å²) < 4.78 is 30.6. The first-order chi connectivity index (χ1) is 16.1. The van der Waals surface area contributed by atoms with Crippen molar-refractivity contribution in [3.63, 3.8) is 0 Å². The van der Waals surface area contributed by atoms with E-state index < -0.39 is 65.2 Å². The predicted octanol–water partition coefficient (Wildman–Crippen LogP) is 2.67. The van der Waals surface area contributed by atoms with E-state index in [4.69, 9.17) is 23.7 Å². The van der Waals surface area contributed by atoms with Crippen LogP contribution >= 0.6 is 0 Å². The minimum atomic E-state index is -1.46. The molecule has 1 saturated carbocycles. The Morgan fingerprint density at radius 3 is 2.23 bits per heavy atom. The van der Waals surface area contributed by atoms with Gasteiger partial charge < -0.3 is 28.8 Å². The molecule has 0 amide bonds. The SMILES string of the molecule is C=C1C[C@H]2O[C@H]([C@@H]3[C@@H](C(C)C)[C@H](OC(C)=O)[C@H](OC(C)=O)[C@@](C)(OC(C)=O)[C@@H]32)[C@@]2(C)CC[C@]1(O)O2. The van der Waals surface area contributed by atoms with Gasteiger partial charge in [-0.25, -0.2) is 0 Å². The third-order valence-electron chi connectivity index (χ3n) is 8.53. The van der Waals surface area contributed by atoms with E-state index in [1.807, 2.05) is 20.8 Å². The number of esters is 3. The molecule has 4 fully saturated rings. The van der Waals surface area contributed by atoms with Gasteiger partial charge >= 0.3 is 17.9 Å². The largest absolute Gasteiger partial charge is 0.458 e. The Balaban J connectivity index is 1.94. The van der Waals surface area contributed by atoms with Crippen molar-refractivity contribution in [1.29, 1.82) is 0 Å². The average molecular weight is 495 g/mol. The van der Waals surface area contributed by atoms with Crippen LogP contribution in [0.5, 0.6) is 0 Å². The lowest BCUT2D eigenvalue weighted by Crippen LogP contribution is -2.69. The quantitative estimate of drug-likeness (QED) is 0.357. The van der Waals surface area contributed by atoms with Gasteiger partial charge in [-0.1, -0.05) is 20.4 Å². The van der Waals surface area contributed by atoms with Crippen LogP contribution in [0, 0.1) is 23.7 Å². The van der Waals surface area contributed by atoms with E-state index in [2.05, 4.69) is 6.58 Å². The van der Waals surface area contributed by atoms with E-state index in [1.165, 1.54) is 20.8 Å². The molecule has 9 heteroatoms. The molecule has 3 aliphatic heterocycles. The number of carbonyl (C=O) groups is 3. The summed E-state index contributed by atoms with van der Waals surface area (Å²) in [5, 5.41) is 11.2. The van der Waals surface area contributed by atoms with Gasteiger partial charge in [0.1, 0.15) is 6.10 Å². The zero-order chi connectivity index (χ0) is 26.1. The first kappa shape index (κ1) is 26.1. The zero-order valence-electron chi connectivity index (χ0n) is 21.7. The molecule has 0 unspecified atom stereocenters. The van der Waals surface area contributed by atoms with Crippen LogP contribution in [0.15, 0.2) is 12.2 Å². The molecule has 0 radical (unpaired) electrons. The summed E-state index contributed by atoms with van der Waals surface area (Å²) in [6.07, 6.45) is -1.64. The summed E-state index contributed by atoms with van der Waals surface area (Å²) >= 11 is 0. The number of aliphatic hydroxyl groups is 1. The third kappa shape index (κ3) is 4.09. The zero-order valence-corrected chi connectivity index (χ0v) is 21.7. The lowest BCUT2D eigenvalue weighted by atomic mass is 9.55. The van der Waals surface area contributed by atoms with E-state index in [0.29, 0.717) is 18.4 Å². The summed E-state index contributed by atoms with van der Waals surface area (Å²) in [6.45, 7) is 15.7. The first-order valence-electron chi connectivity index (χ1n) is 12.4. The minimum absolute atomic E-state index is 0.00974. The van der Waals surface area contributed by atoms with Crippen LogP contribution in [0.2, 0.25) is 0 Å². The molecule has 4 aliphatic rings. The fourth-order valence-electron chi connectivity index (χ4n) is 7.37. The van der Waals surface area contributed by atoms with Gasteiger partial charge in [0.25, 0.3) is 0 Å². The highest BCUT2D eigenvalue weighted by Gasteiger charge is 2.73. The topological polar surface area (TPSA) is 118 Å². The molecule has 196 valence electrons. The third-order valence-corrected chi connectivity index (χ3v) is 8.53. The molecule has 9 nitrogen and oxygen atoms in total. The maximum atomic E-state index is 12.4. The fourth-order valence-corrected chi connectivity index (χ4v) is 7.37. The molecule has 3 heterocycles. The Hall–Kier alpha value is -1.97. The number of fused-ring (bicyclic) bond motifs is 8. The van der Waals surface area contributed by atoms with Crippen molar-refractivity contribution in [2.24, 2.45) is 23.7 Å². The molecule has 4 rings (SSSR count). The molecule has 10 atom stereocenters. The van der Waals surface area contributed by atoms with Crippen molar-refractivity contribution >= 4 is 17.9 Å². The van der Waals surface area contributed by atoms with Crippen molar-refractivity contribution in [1.82, 2.24) is 0 Å². The Kier molecular flexibility index (Phi) is 6.38. The molecular formula is C26H38O9. The highest BCUT2D eigenvalue weighted by atomic mass is 16.7. The van der Waals surface area contributed by atoms with Crippen LogP contribution in [-0.2, 0) is 38.1 Å². The maximum Gasteiger partial charge on any atom is 0.303 e. The second kappa shape index (κ2) is 8.56. The van der Waals surface area contributed by atoms with Crippen molar-refractivity contribution < 1.29 is 43.2 Å². The van der Waals surface area contributed by atoms with Crippen LogP contribution < -0.4 is 0 Å². The Morgan fingerprint density at radius 1 is 1.06 bits per heavy atom. The van der Waals surface area contributed by atoms with Crippen LogP contribution in [0.25, 0.3) is 0 Å². The lowest BCUT2D eigenvalue weighted by Gasteiger charge is -2.55. The van der Waals surface area contributed by atoms with Crippen molar-refractivity contribution in [2.75, 3.05) is 0 Å². The van der Waals surface area contributed by atoms with Gasteiger partial charge in [-0.15, -0.1) is 0 Å². The molecular weight excluding hydrogens is 456 g/mol. The molecule has 4 bridgehead atoms. The lowest BCUT2D eigenvalue weighted by molar-refractivity contribution is -0.253. The summed E-state index contributed by atoms with van der Waals surface area (Å²) in [4.78, 5) is 37.0. The second-order valence-corrected chi connectivity index (χ2v) is 11.4. The number of carbonyl (C=O) groups excluding carboxylic acids is 3. The van der Waals surface area contributed by atoms with Crippen molar-refractivity contribution in [2.45, 2.75) is 109 Å². The molecule has 0 aromatic rings. The standard InChI is InChI=1S/C26H38O9/c1-12(2)18-19-20(17-11-13(3)26(30)10-9-24(7,35-26)22(19)33-17)25(8,34-16(6)29)23(32-15(5)28)21(18)31-14(4)27/h12,17-23,30H,3,9-11H2,1-2,4-8H3/t17-,18-,19-,20-,21+,22-,23+,24-,25+,26+/m1/s1. The number of ether oxygens (including phenoxy) is 5. The van der Waals surface area contributed by atoms with Gasteiger partial charge in [0.2, 0.25) is 0 Å². The molecule has 35 heavy (non-hydrogen) atoms. The van der Waals surface area contributed by atoms with Gasteiger partial charge in [0.05, 0.1) is 17.8 Å². The Labute approximate surface area is 206 Å². The minimum Gasteiger partial charge on any atom is -0.458 e. The fraction of sp³-hybridized carbons (Fsp3) is 0.808. The monoisotopic (exact) mass is 494 g/mol. The molecule has 0 aromatic heterocycles. The number of hydrogen-bond acceptors (Lipinski definition) is 9. The normalized spacial score (nSPS) is 46.4. The van der Waals surface area contributed by atoms with E-state index >= 15 is 0 Å². The second-order valence-electron chi connectivity index (χ2n) is 11.4. The van der Waals surface area contributed by atoms with Crippen molar-refractivity contribution in [3.8, 4) is 0 Å². The molecule has 3 saturated heterocycles. The molecule has 0 spiro atoms. The van der Waals surface area contributed by atoms with Crippen LogP contribution in [0.1, 0.15) is 67.7 Å². The van der Waals surface area contributed by atoms with E-state index in [0.717, 1.165) is 0 Å². The van der Waals surface area contributed by atoms with Gasteiger partial charge in [-0.05, 0) is 38.2 Å². The Morgan fingerprint density at radius 2 is 1.69 bits per heavy atom. The number of hydrogen-bond donors (Lipinski definition) is 1. The highest BCUT2D eigenvalue weighted by Crippen LogP contribution is 2.62. The summed E-state index contributed by atoms with van der Waals surface area (Å²) in [5.41, 5.74) is -1.70. The van der Waals surface area contributed by atoms with E-state index in [9.17, 15) is 19.5 Å². The van der Waals surface area contributed by atoms with E-state index in [-0.39, 0.29) is 24.2 Å². The summed E-state index contributed by atoms with van der Waals surface area (Å²) in [6, 6.07) is 0. The van der Waals surface area contributed by atoms with Gasteiger partial charge in [-0.3, -0.25) is 14.4 Å². The average Bonchev–Trinajstić information content (AvgIpc) is 3.24. The summed E-state index contributed by atoms with van der Waals surface area (Å²) in [5.74, 6) is -4.12. The van der Waals surface area contributed by atoms with Gasteiger partial charge in [0.15, 0.2) is 17.5 Å². The molecule has 1 aliphatic carbocycles. The van der Waals surface area contributed by atoms with Gasteiger partial charge in [0, 0.05) is 44.9 Å². The van der Waals surface area contributed by atoms with Crippen LogP contribution in [-0.4, -0.2) is 64.4 Å². The van der Waals surface area contributed by atoms with Crippen LogP contribution in [0.3, 0.4) is 0 Å². The van der Waals surface area contributed by atoms with Crippen molar-refractivity contribution in [3.05, 3.63) is 12.2 Å². The summed E-state index contributed by atoms with van der Waals surface area (Å²) in [7, 11) is 0. The Bertz CT molecular complexity index is 930. The van der Waals surface area contributed by atoms with E-state index in [1.54, 1.807) is 6.92 Å². The maximum absolute atomic E-state index is 12.4. The molecule has 0 aromatic carbocycles. The predicted molar refractivity (Wildman–Crippen MR) is 123 cm³/mol. The highest BCUT2D eigenvalue weighted by molar-refractivity contribution is 5.69. The number of rotatable bonds is 4. The van der Waals surface area contributed by atoms with Gasteiger partial charge in [-0.2, -0.15) is 0 Å². The first-order valence-corrected chi connectivity index (χ1v) is 12.4. The molecule has 1 N–H and O–H groups in total. The smallest absolute Gasteiger partial charge is 0.303 e. The van der Waals surface area contributed by atoms with Crippen LogP contribution in [0.4, 0.5) is 0 Å².